The van der Waals surface area contributed by atoms with Gasteiger partial charge in [-0.25, -0.2) is 4.98 Å². The summed E-state index contributed by atoms with van der Waals surface area (Å²) in [5, 5.41) is 10.7. The van der Waals surface area contributed by atoms with Gasteiger partial charge in [0.05, 0.1) is 17.2 Å². The first-order valence-electron chi connectivity index (χ1n) is 5.45. The van der Waals surface area contributed by atoms with Gasteiger partial charge >= 0.3 is 0 Å². The van der Waals surface area contributed by atoms with Crippen molar-refractivity contribution in [3.63, 3.8) is 0 Å². The van der Waals surface area contributed by atoms with Crippen molar-refractivity contribution in [3.05, 3.63) is 46.0 Å². The number of non-ortho nitro benzene ring substituents is 1. The minimum Gasteiger partial charge on any atom is -0.439 e. The van der Waals surface area contributed by atoms with E-state index in [-0.39, 0.29) is 11.7 Å². The van der Waals surface area contributed by atoms with E-state index in [0.29, 0.717) is 17.2 Å². The number of oxazole rings is 1. The molecule has 1 aromatic carbocycles. The number of aromatic nitrogens is 1. The molecule has 0 aliphatic heterocycles. The molecule has 2 rings (SSSR count). The van der Waals surface area contributed by atoms with E-state index in [9.17, 15) is 10.1 Å². The fourth-order valence-electron chi connectivity index (χ4n) is 1.61. The van der Waals surface area contributed by atoms with Crippen LogP contribution in [0.3, 0.4) is 0 Å². The molecule has 0 fully saturated rings. The summed E-state index contributed by atoms with van der Waals surface area (Å²) in [6, 6.07) is 4.31. The van der Waals surface area contributed by atoms with Crippen LogP contribution in [0.25, 0.3) is 11.3 Å². The molecule has 1 unspecified atom stereocenters. The third-order valence-electron chi connectivity index (χ3n) is 2.61. The molecular weight excluding hydrogens is 234 g/mol. The quantitative estimate of drug-likeness (QED) is 0.664. The Bertz CT molecular complexity index is 590. The number of rotatable bonds is 3. The maximum atomic E-state index is 10.7. The van der Waals surface area contributed by atoms with E-state index in [2.05, 4.69) is 4.98 Å². The van der Waals surface area contributed by atoms with E-state index in [0.717, 1.165) is 5.56 Å². The second-order valence-corrected chi connectivity index (χ2v) is 4.11. The van der Waals surface area contributed by atoms with E-state index in [4.69, 9.17) is 10.2 Å². The van der Waals surface area contributed by atoms with Gasteiger partial charge in [0.1, 0.15) is 0 Å². The molecule has 0 amide bonds. The number of nitro benzene ring substituents is 1. The standard InChI is InChI=1S/C12H13N3O3/c1-7-3-4-9(15(16)17)5-10(7)11-6-14-12(18-11)8(2)13/h3-6,8H,13H2,1-2H3. The first kappa shape index (κ1) is 12.3. The van der Waals surface area contributed by atoms with Gasteiger partial charge in [-0.3, -0.25) is 10.1 Å². The van der Waals surface area contributed by atoms with Gasteiger partial charge in [-0.05, 0) is 19.4 Å². The van der Waals surface area contributed by atoms with Crippen molar-refractivity contribution in [2.75, 3.05) is 0 Å². The summed E-state index contributed by atoms with van der Waals surface area (Å²) in [5.41, 5.74) is 7.22. The lowest BCUT2D eigenvalue weighted by atomic mass is 10.1. The maximum Gasteiger partial charge on any atom is 0.270 e. The number of nitro groups is 1. The van der Waals surface area contributed by atoms with E-state index in [1.807, 2.05) is 6.92 Å². The van der Waals surface area contributed by atoms with Crippen LogP contribution < -0.4 is 5.73 Å². The largest absolute Gasteiger partial charge is 0.439 e. The highest BCUT2D eigenvalue weighted by Gasteiger charge is 2.15. The summed E-state index contributed by atoms with van der Waals surface area (Å²) in [6.07, 6.45) is 1.53. The Hall–Kier alpha value is -2.21. The predicted molar refractivity (Wildman–Crippen MR) is 65.9 cm³/mol. The Morgan fingerprint density at radius 1 is 1.50 bits per heavy atom. The third kappa shape index (κ3) is 2.23. The first-order valence-corrected chi connectivity index (χ1v) is 5.45. The molecule has 94 valence electrons. The number of hydrogen-bond donors (Lipinski definition) is 1. The van der Waals surface area contributed by atoms with Gasteiger partial charge in [-0.1, -0.05) is 6.07 Å². The summed E-state index contributed by atoms with van der Waals surface area (Å²) in [4.78, 5) is 14.4. The van der Waals surface area contributed by atoms with E-state index < -0.39 is 4.92 Å². The lowest BCUT2D eigenvalue weighted by molar-refractivity contribution is -0.384. The molecule has 0 bridgehead atoms. The molecule has 0 aliphatic carbocycles. The minimum absolute atomic E-state index is 0.0225. The number of aryl methyl sites for hydroxylation is 1. The average Bonchev–Trinajstić information content (AvgIpc) is 2.78. The Morgan fingerprint density at radius 3 is 2.78 bits per heavy atom. The molecular formula is C12H13N3O3. The van der Waals surface area contributed by atoms with Crippen molar-refractivity contribution in [1.82, 2.24) is 4.98 Å². The Labute approximate surface area is 104 Å². The average molecular weight is 247 g/mol. The third-order valence-corrected chi connectivity index (χ3v) is 2.61. The lowest BCUT2D eigenvalue weighted by Crippen LogP contribution is -2.04. The van der Waals surface area contributed by atoms with Gasteiger partial charge in [0.2, 0.25) is 5.89 Å². The normalized spacial score (nSPS) is 12.4. The summed E-state index contributed by atoms with van der Waals surface area (Å²) >= 11 is 0. The van der Waals surface area contributed by atoms with Crippen molar-refractivity contribution < 1.29 is 9.34 Å². The highest BCUT2D eigenvalue weighted by Crippen LogP contribution is 2.28. The van der Waals surface area contributed by atoms with Gasteiger partial charge in [-0.15, -0.1) is 0 Å². The molecule has 1 heterocycles. The van der Waals surface area contributed by atoms with Gasteiger partial charge < -0.3 is 10.2 Å². The van der Waals surface area contributed by atoms with Crippen molar-refractivity contribution in [2.45, 2.75) is 19.9 Å². The fourth-order valence-corrected chi connectivity index (χ4v) is 1.61. The molecule has 1 atom stereocenters. The molecule has 18 heavy (non-hydrogen) atoms. The highest BCUT2D eigenvalue weighted by molar-refractivity contribution is 5.64. The van der Waals surface area contributed by atoms with Crippen LogP contribution in [0.2, 0.25) is 0 Å². The number of nitrogens with two attached hydrogens (primary N) is 1. The van der Waals surface area contributed by atoms with Crippen LogP contribution >= 0.6 is 0 Å². The van der Waals surface area contributed by atoms with E-state index >= 15 is 0 Å². The molecule has 0 saturated heterocycles. The van der Waals surface area contributed by atoms with Crippen LogP contribution in [-0.2, 0) is 0 Å². The Morgan fingerprint density at radius 2 is 2.22 bits per heavy atom. The molecule has 0 radical (unpaired) electrons. The Balaban J connectivity index is 2.48. The maximum absolute atomic E-state index is 10.7. The van der Waals surface area contributed by atoms with Crippen molar-refractivity contribution in [1.29, 1.82) is 0 Å². The van der Waals surface area contributed by atoms with Crippen molar-refractivity contribution >= 4 is 5.69 Å². The van der Waals surface area contributed by atoms with Gasteiger partial charge in [0, 0.05) is 17.7 Å². The molecule has 0 aliphatic rings. The number of nitrogens with zero attached hydrogens (tertiary/aromatic N) is 2. The topological polar surface area (TPSA) is 95.2 Å². The van der Waals surface area contributed by atoms with Gasteiger partial charge in [0.15, 0.2) is 5.76 Å². The van der Waals surface area contributed by atoms with Crippen LogP contribution in [0.1, 0.15) is 24.4 Å². The zero-order valence-electron chi connectivity index (χ0n) is 10.1. The minimum atomic E-state index is -0.439. The molecule has 1 aromatic heterocycles. The summed E-state index contributed by atoms with van der Waals surface area (Å²) in [6.45, 7) is 3.61. The summed E-state index contributed by atoms with van der Waals surface area (Å²) in [7, 11) is 0. The zero-order valence-corrected chi connectivity index (χ0v) is 10.1. The van der Waals surface area contributed by atoms with E-state index in [1.54, 1.807) is 13.0 Å². The molecule has 0 spiro atoms. The number of benzene rings is 1. The van der Waals surface area contributed by atoms with Gasteiger partial charge in [-0.2, -0.15) is 0 Å². The van der Waals surface area contributed by atoms with Crippen LogP contribution in [0, 0.1) is 17.0 Å². The number of hydrogen-bond acceptors (Lipinski definition) is 5. The molecule has 2 N–H and O–H groups in total. The zero-order chi connectivity index (χ0) is 13.3. The summed E-state index contributed by atoms with van der Waals surface area (Å²) in [5.74, 6) is 0.902. The van der Waals surface area contributed by atoms with Crippen molar-refractivity contribution in [3.8, 4) is 11.3 Å². The first-order chi connectivity index (χ1) is 8.49. The molecule has 6 nitrogen and oxygen atoms in total. The van der Waals surface area contributed by atoms with Crippen LogP contribution in [0.5, 0.6) is 0 Å². The highest BCUT2D eigenvalue weighted by atomic mass is 16.6. The van der Waals surface area contributed by atoms with Crippen LogP contribution in [0.4, 0.5) is 5.69 Å². The SMILES string of the molecule is Cc1ccc([N+](=O)[O-])cc1-c1cnc(C(C)N)o1. The van der Waals surface area contributed by atoms with E-state index in [1.165, 1.54) is 18.3 Å². The molecule has 6 heteroatoms. The molecule has 0 saturated carbocycles. The predicted octanol–water partition coefficient (Wildman–Crippen LogP) is 2.58. The second kappa shape index (κ2) is 4.58. The van der Waals surface area contributed by atoms with Crippen LogP contribution in [0.15, 0.2) is 28.8 Å². The van der Waals surface area contributed by atoms with Crippen LogP contribution in [-0.4, -0.2) is 9.91 Å². The summed E-state index contributed by atoms with van der Waals surface area (Å²) < 4.78 is 5.49. The lowest BCUT2D eigenvalue weighted by Gasteiger charge is -2.02. The van der Waals surface area contributed by atoms with Gasteiger partial charge in [0.25, 0.3) is 5.69 Å². The smallest absolute Gasteiger partial charge is 0.270 e. The Kier molecular flexibility index (Phi) is 3.12. The second-order valence-electron chi connectivity index (χ2n) is 4.11. The molecule has 2 aromatic rings. The fraction of sp³-hybridized carbons (Fsp3) is 0.250. The van der Waals surface area contributed by atoms with Crippen molar-refractivity contribution in [2.24, 2.45) is 5.73 Å². The monoisotopic (exact) mass is 247 g/mol.